The SMILES string of the molecule is O=C(CCN1C(=S)N[C@@H](c2ccccn2)[C@@H]1c1cccn1-c1ccc2ccccc2c1)Nc1ccccc1F. The molecule has 0 radical (unpaired) electrons. The summed E-state index contributed by atoms with van der Waals surface area (Å²) in [7, 11) is 0. The van der Waals surface area contributed by atoms with Crippen LogP contribution in [0.1, 0.15) is 29.9 Å². The van der Waals surface area contributed by atoms with Crippen molar-refractivity contribution in [3.63, 3.8) is 0 Å². The molecule has 2 N–H and O–H groups in total. The van der Waals surface area contributed by atoms with E-state index in [1.54, 1.807) is 24.4 Å². The molecule has 6 nitrogen and oxygen atoms in total. The smallest absolute Gasteiger partial charge is 0.226 e. The predicted octanol–water partition coefficient (Wildman–Crippen LogP) is 6.17. The fourth-order valence-electron chi connectivity index (χ4n) is 5.16. The van der Waals surface area contributed by atoms with E-state index in [9.17, 15) is 9.18 Å². The molecule has 39 heavy (non-hydrogen) atoms. The number of anilines is 1. The van der Waals surface area contributed by atoms with Gasteiger partial charge in [-0.25, -0.2) is 4.39 Å². The molecule has 5 aromatic rings. The Morgan fingerprint density at radius 2 is 1.74 bits per heavy atom. The number of nitrogens with zero attached hydrogens (tertiary/aromatic N) is 3. The number of hydrogen-bond donors (Lipinski definition) is 2. The van der Waals surface area contributed by atoms with Gasteiger partial charge in [-0.2, -0.15) is 0 Å². The van der Waals surface area contributed by atoms with E-state index >= 15 is 0 Å². The number of pyridine rings is 1. The fourth-order valence-corrected chi connectivity index (χ4v) is 5.49. The quantitative estimate of drug-likeness (QED) is 0.244. The molecule has 0 aliphatic carbocycles. The van der Waals surface area contributed by atoms with Crippen LogP contribution in [0.4, 0.5) is 10.1 Å². The van der Waals surface area contributed by atoms with Crippen LogP contribution in [-0.2, 0) is 4.79 Å². The Kier molecular flexibility index (Phi) is 6.77. The van der Waals surface area contributed by atoms with Crippen molar-refractivity contribution in [3.05, 3.63) is 127 Å². The van der Waals surface area contributed by atoms with Gasteiger partial charge in [-0.3, -0.25) is 9.78 Å². The van der Waals surface area contributed by atoms with Gasteiger partial charge in [-0.05, 0) is 71.5 Å². The van der Waals surface area contributed by atoms with Gasteiger partial charge < -0.3 is 20.1 Å². The van der Waals surface area contributed by atoms with Crippen molar-refractivity contribution in [1.82, 2.24) is 19.8 Å². The zero-order valence-corrected chi connectivity index (χ0v) is 21.8. The number of halogens is 1. The number of para-hydroxylation sites is 1. The van der Waals surface area contributed by atoms with Crippen LogP contribution < -0.4 is 10.6 Å². The van der Waals surface area contributed by atoms with Crippen LogP contribution in [0.15, 0.2) is 109 Å². The summed E-state index contributed by atoms with van der Waals surface area (Å²) in [6.07, 6.45) is 3.95. The first-order valence-electron chi connectivity index (χ1n) is 12.8. The molecule has 0 saturated carbocycles. The van der Waals surface area contributed by atoms with Crippen LogP contribution in [0.5, 0.6) is 0 Å². The summed E-state index contributed by atoms with van der Waals surface area (Å²) in [6, 6.07) is 30.3. The molecule has 3 aromatic carbocycles. The van der Waals surface area contributed by atoms with Crippen molar-refractivity contribution in [3.8, 4) is 5.69 Å². The van der Waals surface area contributed by atoms with E-state index in [1.807, 2.05) is 47.5 Å². The van der Waals surface area contributed by atoms with E-state index in [2.05, 4.69) is 56.6 Å². The van der Waals surface area contributed by atoms with E-state index in [-0.39, 0.29) is 30.1 Å². The second-order valence-electron chi connectivity index (χ2n) is 9.43. The monoisotopic (exact) mass is 535 g/mol. The van der Waals surface area contributed by atoms with Crippen LogP contribution in [-0.4, -0.2) is 32.0 Å². The predicted molar refractivity (Wildman–Crippen MR) is 155 cm³/mol. The van der Waals surface area contributed by atoms with Gasteiger partial charge in [0.15, 0.2) is 5.11 Å². The Morgan fingerprint density at radius 1 is 0.949 bits per heavy atom. The zero-order valence-electron chi connectivity index (χ0n) is 21.0. The Hall–Kier alpha value is -4.56. The lowest BCUT2D eigenvalue weighted by Gasteiger charge is -2.29. The van der Waals surface area contributed by atoms with E-state index in [0.29, 0.717) is 11.7 Å². The third-order valence-corrected chi connectivity index (χ3v) is 7.37. The highest BCUT2D eigenvalue weighted by Gasteiger charge is 2.41. The molecule has 1 saturated heterocycles. The third kappa shape index (κ3) is 4.98. The molecular weight excluding hydrogens is 509 g/mol. The minimum absolute atomic E-state index is 0.137. The number of fused-ring (bicyclic) bond motifs is 1. The van der Waals surface area contributed by atoms with Gasteiger partial charge in [0, 0.05) is 36.7 Å². The maximum absolute atomic E-state index is 14.1. The molecule has 1 aliphatic rings. The van der Waals surface area contributed by atoms with Crippen LogP contribution >= 0.6 is 12.2 Å². The van der Waals surface area contributed by atoms with E-state index in [1.165, 1.54) is 11.5 Å². The van der Waals surface area contributed by atoms with Crippen LogP contribution in [0, 0.1) is 5.82 Å². The molecule has 1 amide bonds. The van der Waals surface area contributed by atoms with E-state index < -0.39 is 5.82 Å². The number of rotatable bonds is 7. The molecule has 8 heteroatoms. The summed E-state index contributed by atoms with van der Waals surface area (Å²) < 4.78 is 16.2. The zero-order chi connectivity index (χ0) is 26.8. The first kappa shape index (κ1) is 24.8. The molecule has 3 heterocycles. The molecule has 0 spiro atoms. The maximum Gasteiger partial charge on any atom is 0.226 e. The highest BCUT2D eigenvalue weighted by molar-refractivity contribution is 7.80. The molecule has 194 valence electrons. The van der Waals surface area contributed by atoms with Gasteiger partial charge in [0.1, 0.15) is 5.82 Å². The van der Waals surface area contributed by atoms with Crippen LogP contribution in [0.2, 0.25) is 0 Å². The number of nitrogens with one attached hydrogen (secondary N) is 2. The summed E-state index contributed by atoms with van der Waals surface area (Å²) >= 11 is 5.78. The Morgan fingerprint density at radius 3 is 2.56 bits per heavy atom. The Balaban J connectivity index is 1.33. The lowest BCUT2D eigenvalue weighted by molar-refractivity contribution is -0.116. The molecule has 2 atom stereocenters. The van der Waals surface area contributed by atoms with Crippen molar-refractivity contribution < 1.29 is 9.18 Å². The number of amides is 1. The summed E-state index contributed by atoms with van der Waals surface area (Å²) in [5, 5.41) is 8.98. The van der Waals surface area contributed by atoms with E-state index in [0.717, 1.165) is 22.5 Å². The lowest BCUT2D eigenvalue weighted by Crippen LogP contribution is -2.33. The average Bonchev–Trinajstić information content (AvgIpc) is 3.57. The van der Waals surface area contributed by atoms with Crippen molar-refractivity contribution >= 4 is 39.7 Å². The lowest BCUT2D eigenvalue weighted by atomic mass is 10.0. The standard InChI is InChI=1S/C31H26FN5OS/c32-24-10-3-4-11-25(24)34-28(38)16-19-37-30(29(35-31(37)39)26-12-5-6-17-33-26)27-13-7-18-36(27)23-15-14-21-8-1-2-9-22(21)20-23/h1-15,17-18,20,29-30H,16,19H2,(H,34,38)(H,35,39)/t29-,30-/m0/s1. The summed E-state index contributed by atoms with van der Waals surface area (Å²) in [4.78, 5) is 19.4. The topological polar surface area (TPSA) is 62.2 Å². The second-order valence-corrected chi connectivity index (χ2v) is 9.82. The Labute approximate surface area is 231 Å². The number of carbonyl (C=O) groups excluding carboxylic acids is 1. The highest BCUT2D eigenvalue weighted by atomic mass is 32.1. The highest BCUT2D eigenvalue weighted by Crippen LogP contribution is 2.39. The largest absolute Gasteiger partial charge is 0.352 e. The fraction of sp³-hybridized carbons (Fsp3) is 0.129. The van der Waals surface area contributed by atoms with Gasteiger partial charge in [-0.1, -0.05) is 48.5 Å². The first-order valence-corrected chi connectivity index (χ1v) is 13.2. The molecular formula is C31H26FN5OS. The average molecular weight is 536 g/mol. The van der Waals surface area contributed by atoms with E-state index in [4.69, 9.17) is 12.2 Å². The van der Waals surface area contributed by atoms with Crippen molar-refractivity contribution in [1.29, 1.82) is 0 Å². The summed E-state index contributed by atoms with van der Waals surface area (Å²) in [5.74, 6) is -0.752. The maximum atomic E-state index is 14.1. The molecule has 1 fully saturated rings. The minimum atomic E-state index is -0.467. The minimum Gasteiger partial charge on any atom is -0.352 e. The van der Waals surface area contributed by atoms with Crippen molar-refractivity contribution in [2.45, 2.75) is 18.5 Å². The molecule has 0 unspecified atom stereocenters. The summed E-state index contributed by atoms with van der Waals surface area (Å²) in [6.45, 7) is 0.350. The van der Waals surface area contributed by atoms with Crippen molar-refractivity contribution in [2.75, 3.05) is 11.9 Å². The van der Waals surface area contributed by atoms with Crippen LogP contribution in [0.3, 0.4) is 0 Å². The number of hydrogen-bond acceptors (Lipinski definition) is 3. The number of aromatic nitrogens is 2. The third-order valence-electron chi connectivity index (χ3n) is 7.02. The summed E-state index contributed by atoms with van der Waals surface area (Å²) in [5.41, 5.74) is 3.07. The van der Waals surface area contributed by atoms with Crippen molar-refractivity contribution in [2.24, 2.45) is 0 Å². The number of benzene rings is 3. The molecule has 1 aliphatic heterocycles. The van der Waals surface area contributed by atoms with Gasteiger partial charge in [0.2, 0.25) is 5.91 Å². The van der Waals surface area contributed by atoms with Gasteiger partial charge in [0.05, 0.1) is 23.5 Å². The Bertz CT molecular complexity index is 1650. The van der Waals surface area contributed by atoms with Gasteiger partial charge in [-0.15, -0.1) is 0 Å². The number of carbonyl (C=O) groups is 1. The first-order chi connectivity index (χ1) is 19.1. The van der Waals surface area contributed by atoms with Gasteiger partial charge in [0.25, 0.3) is 0 Å². The molecule has 2 aromatic heterocycles. The van der Waals surface area contributed by atoms with Crippen LogP contribution in [0.25, 0.3) is 16.5 Å². The number of thiocarbonyl (C=S) groups is 1. The molecule has 6 rings (SSSR count). The normalized spacial score (nSPS) is 16.8. The second kappa shape index (κ2) is 10.7. The van der Waals surface area contributed by atoms with Gasteiger partial charge >= 0.3 is 0 Å². The molecule has 0 bridgehead atoms.